The second-order valence-corrected chi connectivity index (χ2v) is 8.72. The number of hydrogen-bond donors (Lipinski definition) is 2. The smallest absolute Gasteiger partial charge is 0.237 e. The number of rotatable bonds is 7. The number of carbonyl (C=O) groups excluding carboxylic acids is 1. The van der Waals surface area contributed by atoms with Crippen LogP contribution in [-0.4, -0.2) is 52.6 Å². The number of benzene rings is 2. The van der Waals surface area contributed by atoms with Crippen LogP contribution >= 0.6 is 11.8 Å². The van der Waals surface area contributed by atoms with Gasteiger partial charge in [0.2, 0.25) is 11.1 Å². The molecule has 7 nitrogen and oxygen atoms in total. The third-order valence-corrected chi connectivity index (χ3v) is 6.22. The van der Waals surface area contributed by atoms with Gasteiger partial charge < -0.3 is 15.0 Å². The van der Waals surface area contributed by atoms with Crippen molar-refractivity contribution in [2.24, 2.45) is 0 Å². The predicted molar refractivity (Wildman–Crippen MR) is 125 cm³/mol. The van der Waals surface area contributed by atoms with Gasteiger partial charge in [0.15, 0.2) is 5.82 Å². The first kappa shape index (κ1) is 21.4. The highest BCUT2D eigenvalue weighted by Crippen LogP contribution is 2.25. The van der Waals surface area contributed by atoms with Crippen molar-refractivity contribution in [1.82, 2.24) is 15.2 Å². The van der Waals surface area contributed by atoms with Gasteiger partial charge in [-0.25, -0.2) is 4.98 Å². The van der Waals surface area contributed by atoms with E-state index in [9.17, 15) is 4.79 Å². The SMILES string of the molecule is CCc1ccc(-c2nc(SC(C)C(=O)Nc3ccc(N4CCOCC4)cc3)n[nH]2)cc1. The van der Waals surface area contributed by atoms with Crippen molar-refractivity contribution in [3.63, 3.8) is 0 Å². The van der Waals surface area contributed by atoms with Gasteiger partial charge in [-0.2, -0.15) is 0 Å². The molecule has 4 rings (SSSR count). The van der Waals surface area contributed by atoms with E-state index in [4.69, 9.17) is 4.74 Å². The van der Waals surface area contributed by atoms with E-state index < -0.39 is 0 Å². The minimum atomic E-state index is -0.329. The molecule has 0 radical (unpaired) electrons. The van der Waals surface area contributed by atoms with Crippen molar-refractivity contribution in [3.05, 3.63) is 54.1 Å². The summed E-state index contributed by atoms with van der Waals surface area (Å²) in [5.41, 5.74) is 4.18. The Morgan fingerprint density at radius 2 is 1.87 bits per heavy atom. The van der Waals surface area contributed by atoms with Gasteiger partial charge >= 0.3 is 0 Å². The van der Waals surface area contributed by atoms with E-state index in [0.717, 1.165) is 49.7 Å². The average molecular weight is 438 g/mol. The quantitative estimate of drug-likeness (QED) is 0.544. The number of aromatic nitrogens is 3. The third-order valence-electron chi connectivity index (χ3n) is 5.26. The van der Waals surface area contributed by atoms with Crippen molar-refractivity contribution in [1.29, 1.82) is 0 Å². The molecule has 2 heterocycles. The van der Waals surface area contributed by atoms with Crippen LogP contribution in [0.2, 0.25) is 0 Å². The van der Waals surface area contributed by atoms with E-state index in [1.165, 1.54) is 17.3 Å². The highest BCUT2D eigenvalue weighted by atomic mass is 32.2. The van der Waals surface area contributed by atoms with Crippen LogP contribution in [-0.2, 0) is 16.0 Å². The Labute approximate surface area is 186 Å². The number of aryl methyl sites for hydroxylation is 1. The fourth-order valence-corrected chi connectivity index (χ4v) is 4.08. The van der Waals surface area contributed by atoms with E-state index >= 15 is 0 Å². The molecule has 1 fully saturated rings. The Kier molecular flexibility index (Phi) is 6.89. The lowest BCUT2D eigenvalue weighted by atomic mass is 10.1. The number of thioether (sulfide) groups is 1. The van der Waals surface area contributed by atoms with Crippen molar-refractivity contribution < 1.29 is 9.53 Å². The van der Waals surface area contributed by atoms with Crippen molar-refractivity contribution in [2.75, 3.05) is 36.5 Å². The fourth-order valence-electron chi connectivity index (χ4n) is 3.36. The molecule has 0 aliphatic carbocycles. The van der Waals surface area contributed by atoms with Crippen LogP contribution in [0.15, 0.2) is 53.7 Å². The molecule has 31 heavy (non-hydrogen) atoms. The van der Waals surface area contributed by atoms with Crippen LogP contribution in [0.4, 0.5) is 11.4 Å². The first-order chi connectivity index (χ1) is 15.1. The molecular formula is C23H27N5O2S. The summed E-state index contributed by atoms with van der Waals surface area (Å²) >= 11 is 1.33. The number of carbonyl (C=O) groups is 1. The first-order valence-electron chi connectivity index (χ1n) is 10.5. The minimum absolute atomic E-state index is 0.0808. The standard InChI is InChI=1S/C23H27N5O2S/c1-3-17-4-6-18(7-5-17)21-25-23(27-26-21)31-16(2)22(29)24-19-8-10-20(11-9-19)28-12-14-30-15-13-28/h4-11,16H,3,12-15H2,1-2H3,(H,24,29)(H,25,26,27). The Morgan fingerprint density at radius 3 is 2.55 bits per heavy atom. The van der Waals surface area contributed by atoms with E-state index in [-0.39, 0.29) is 11.2 Å². The van der Waals surface area contributed by atoms with Crippen LogP contribution in [0.25, 0.3) is 11.4 Å². The van der Waals surface area contributed by atoms with E-state index in [1.807, 2.05) is 43.3 Å². The van der Waals surface area contributed by atoms with Gasteiger partial charge in [-0.05, 0) is 43.2 Å². The van der Waals surface area contributed by atoms with Crippen LogP contribution in [0.3, 0.4) is 0 Å². The van der Waals surface area contributed by atoms with Gasteiger partial charge in [-0.15, -0.1) is 5.10 Å². The number of nitrogens with zero attached hydrogens (tertiary/aromatic N) is 3. The van der Waals surface area contributed by atoms with Gasteiger partial charge in [0, 0.05) is 30.0 Å². The highest BCUT2D eigenvalue weighted by Gasteiger charge is 2.18. The Bertz CT molecular complexity index is 998. The number of H-pyrrole nitrogens is 1. The van der Waals surface area contributed by atoms with Crippen molar-refractivity contribution in [3.8, 4) is 11.4 Å². The number of anilines is 2. The molecular weight excluding hydrogens is 410 g/mol. The summed E-state index contributed by atoms with van der Waals surface area (Å²) in [4.78, 5) is 19.4. The van der Waals surface area contributed by atoms with Gasteiger partial charge in [0.05, 0.1) is 18.5 Å². The van der Waals surface area contributed by atoms with Gasteiger partial charge in [-0.3, -0.25) is 9.89 Å². The Morgan fingerprint density at radius 1 is 1.16 bits per heavy atom. The monoisotopic (exact) mass is 437 g/mol. The van der Waals surface area contributed by atoms with Gasteiger partial charge in [0.25, 0.3) is 0 Å². The van der Waals surface area contributed by atoms with Gasteiger partial charge in [-0.1, -0.05) is 43.0 Å². The summed E-state index contributed by atoms with van der Waals surface area (Å²) in [7, 11) is 0. The Balaban J connectivity index is 1.32. The fraction of sp³-hybridized carbons (Fsp3) is 0.348. The number of nitrogens with one attached hydrogen (secondary N) is 2. The highest BCUT2D eigenvalue weighted by molar-refractivity contribution is 8.00. The maximum atomic E-state index is 12.6. The summed E-state index contributed by atoms with van der Waals surface area (Å²) in [6.45, 7) is 7.26. The maximum absolute atomic E-state index is 12.6. The molecule has 162 valence electrons. The van der Waals surface area contributed by atoms with Crippen molar-refractivity contribution >= 4 is 29.0 Å². The molecule has 1 aliphatic rings. The first-order valence-corrected chi connectivity index (χ1v) is 11.4. The lowest BCUT2D eigenvalue weighted by Gasteiger charge is -2.28. The molecule has 2 N–H and O–H groups in total. The molecule has 8 heteroatoms. The number of ether oxygens (including phenoxy) is 1. The second kappa shape index (κ2) is 9.98. The molecule has 1 saturated heterocycles. The van der Waals surface area contributed by atoms with E-state index in [0.29, 0.717) is 11.0 Å². The molecule has 0 bridgehead atoms. The molecule has 1 unspecified atom stereocenters. The van der Waals surface area contributed by atoms with Crippen LogP contribution in [0.1, 0.15) is 19.4 Å². The van der Waals surface area contributed by atoms with Crippen molar-refractivity contribution in [2.45, 2.75) is 30.7 Å². The van der Waals surface area contributed by atoms with Gasteiger partial charge in [0.1, 0.15) is 0 Å². The molecule has 1 atom stereocenters. The summed E-state index contributed by atoms with van der Waals surface area (Å²) in [6, 6.07) is 16.2. The molecule has 1 aliphatic heterocycles. The topological polar surface area (TPSA) is 83.1 Å². The second-order valence-electron chi connectivity index (χ2n) is 7.41. The Hall–Kier alpha value is -2.84. The molecule has 0 spiro atoms. The zero-order valence-corrected chi connectivity index (χ0v) is 18.6. The zero-order chi connectivity index (χ0) is 21.6. The molecule has 3 aromatic rings. The third kappa shape index (κ3) is 5.45. The number of hydrogen-bond acceptors (Lipinski definition) is 6. The molecule has 0 saturated carbocycles. The van der Waals surface area contributed by atoms with E-state index in [1.54, 1.807) is 0 Å². The summed E-state index contributed by atoms with van der Waals surface area (Å²) in [5, 5.41) is 10.4. The predicted octanol–water partition coefficient (Wildman–Crippen LogP) is 3.99. The van der Waals surface area contributed by atoms with Crippen LogP contribution in [0.5, 0.6) is 0 Å². The largest absolute Gasteiger partial charge is 0.378 e. The van der Waals surface area contributed by atoms with E-state index in [2.05, 4.69) is 44.5 Å². The zero-order valence-electron chi connectivity index (χ0n) is 17.8. The molecule has 1 aromatic heterocycles. The number of morpholine rings is 1. The lowest BCUT2D eigenvalue weighted by Crippen LogP contribution is -2.36. The summed E-state index contributed by atoms with van der Waals surface area (Å²) in [5.74, 6) is 0.624. The van der Waals surface area contributed by atoms with Crippen LogP contribution in [0, 0.1) is 0 Å². The summed E-state index contributed by atoms with van der Waals surface area (Å²) < 4.78 is 5.40. The number of aromatic amines is 1. The summed E-state index contributed by atoms with van der Waals surface area (Å²) in [6.07, 6.45) is 1.00. The van der Waals surface area contributed by atoms with Crippen LogP contribution < -0.4 is 10.2 Å². The molecule has 1 amide bonds. The normalized spacial score (nSPS) is 15.0. The maximum Gasteiger partial charge on any atom is 0.237 e. The lowest BCUT2D eigenvalue weighted by molar-refractivity contribution is -0.115. The number of amides is 1. The average Bonchev–Trinajstić information content (AvgIpc) is 3.28. The minimum Gasteiger partial charge on any atom is -0.378 e. The molecule has 2 aromatic carbocycles.